The molecule has 1 heterocycles. The quantitative estimate of drug-likeness (QED) is 0.907. The molecule has 1 aliphatic heterocycles. The normalized spacial score (nSPS) is 27.7. The molecule has 4 heteroatoms. The van der Waals surface area contributed by atoms with Gasteiger partial charge in [-0.3, -0.25) is 0 Å². The van der Waals surface area contributed by atoms with E-state index in [0.29, 0.717) is 12.1 Å². The Hall–Kier alpha value is -0.0900. The molecule has 2 atom stereocenters. The van der Waals surface area contributed by atoms with Gasteiger partial charge < -0.3 is 10.1 Å². The van der Waals surface area contributed by atoms with Crippen molar-refractivity contribution in [1.82, 2.24) is 5.32 Å². The summed E-state index contributed by atoms with van der Waals surface area (Å²) in [6.45, 7) is 1.79. The van der Waals surface area contributed by atoms with Crippen LogP contribution in [0.3, 0.4) is 0 Å². The van der Waals surface area contributed by atoms with E-state index in [1.807, 2.05) is 6.07 Å². The highest BCUT2D eigenvalue weighted by molar-refractivity contribution is 9.10. The van der Waals surface area contributed by atoms with Gasteiger partial charge in [-0.25, -0.2) is 0 Å². The Bertz CT molecular complexity index is 436. The highest BCUT2D eigenvalue weighted by atomic mass is 79.9. The van der Waals surface area contributed by atoms with Gasteiger partial charge in [-0.2, -0.15) is 0 Å². The fourth-order valence-electron chi connectivity index (χ4n) is 2.62. The lowest BCUT2D eigenvalue weighted by atomic mass is 10.1. The number of hydrogen-bond donors (Lipinski definition) is 1. The Morgan fingerprint density at radius 2 is 2.17 bits per heavy atom. The van der Waals surface area contributed by atoms with Crippen LogP contribution in [0.5, 0.6) is 0 Å². The molecule has 2 fully saturated rings. The molecule has 2 nitrogen and oxygen atoms in total. The van der Waals surface area contributed by atoms with E-state index in [1.165, 1.54) is 18.4 Å². The Morgan fingerprint density at radius 3 is 2.89 bits per heavy atom. The first-order chi connectivity index (χ1) is 8.74. The highest BCUT2D eigenvalue weighted by Gasteiger charge is 2.40. The summed E-state index contributed by atoms with van der Waals surface area (Å²) in [5.74, 6) is 0.807. The monoisotopic (exact) mass is 329 g/mol. The predicted octanol–water partition coefficient (Wildman–Crippen LogP) is 3.76. The van der Waals surface area contributed by atoms with Crippen LogP contribution in [-0.4, -0.2) is 18.8 Å². The fraction of sp³-hybridized carbons (Fsp3) is 0.571. The summed E-state index contributed by atoms with van der Waals surface area (Å²) in [5, 5.41) is 4.39. The zero-order valence-electron chi connectivity index (χ0n) is 10.2. The SMILES string of the molecule is Clc1ccc(CNC2CCOC2C2CC2)cc1Br. The summed E-state index contributed by atoms with van der Waals surface area (Å²) in [7, 11) is 0. The molecule has 3 rings (SSSR count). The molecule has 98 valence electrons. The van der Waals surface area contributed by atoms with Crippen LogP contribution < -0.4 is 5.32 Å². The smallest absolute Gasteiger partial charge is 0.0757 e. The molecule has 1 saturated heterocycles. The van der Waals surface area contributed by atoms with E-state index in [-0.39, 0.29) is 0 Å². The third-order valence-corrected chi connectivity index (χ3v) is 4.99. The Kier molecular flexibility index (Phi) is 3.94. The van der Waals surface area contributed by atoms with E-state index in [1.54, 1.807) is 0 Å². The van der Waals surface area contributed by atoms with Gasteiger partial charge in [0.15, 0.2) is 0 Å². The van der Waals surface area contributed by atoms with Gasteiger partial charge in [0.2, 0.25) is 0 Å². The lowest BCUT2D eigenvalue weighted by Gasteiger charge is -2.19. The summed E-state index contributed by atoms with van der Waals surface area (Å²) in [5.41, 5.74) is 1.26. The van der Waals surface area contributed by atoms with Crippen molar-refractivity contribution in [3.05, 3.63) is 33.3 Å². The maximum atomic E-state index is 5.99. The molecule has 1 aliphatic carbocycles. The van der Waals surface area contributed by atoms with Gasteiger partial charge >= 0.3 is 0 Å². The van der Waals surface area contributed by atoms with Gasteiger partial charge in [0.25, 0.3) is 0 Å². The third-order valence-electron chi connectivity index (χ3n) is 3.77. The minimum Gasteiger partial charge on any atom is -0.376 e. The molecule has 0 amide bonds. The van der Waals surface area contributed by atoms with Crippen molar-refractivity contribution >= 4 is 27.5 Å². The molecule has 0 aromatic heterocycles. The van der Waals surface area contributed by atoms with Crippen molar-refractivity contribution in [3.8, 4) is 0 Å². The van der Waals surface area contributed by atoms with Crippen LogP contribution in [0.2, 0.25) is 5.02 Å². The molecule has 2 unspecified atom stereocenters. The van der Waals surface area contributed by atoms with Crippen LogP contribution in [0.15, 0.2) is 22.7 Å². The van der Waals surface area contributed by atoms with Crippen molar-refractivity contribution in [2.75, 3.05) is 6.61 Å². The van der Waals surface area contributed by atoms with Crippen LogP contribution in [-0.2, 0) is 11.3 Å². The van der Waals surface area contributed by atoms with Crippen molar-refractivity contribution in [2.24, 2.45) is 5.92 Å². The zero-order chi connectivity index (χ0) is 12.5. The number of ether oxygens (including phenoxy) is 1. The van der Waals surface area contributed by atoms with Crippen LogP contribution in [0.1, 0.15) is 24.8 Å². The second-order valence-electron chi connectivity index (χ2n) is 5.20. The second kappa shape index (κ2) is 5.49. The average molecular weight is 331 g/mol. The van der Waals surface area contributed by atoms with Crippen molar-refractivity contribution in [1.29, 1.82) is 0 Å². The lowest BCUT2D eigenvalue weighted by molar-refractivity contribution is 0.0809. The molecule has 1 aromatic rings. The number of hydrogen-bond acceptors (Lipinski definition) is 2. The van der Waals surface area contributed by atoms with E-state index < -0.39 is 0 Å². The molecule has 2 aliphatic rings. The van der Waals surface area contributed by atoms with Crippen molar-refractivity contribution in [2.45, 2.75) is 38.0 Å². The summed E-state index contributed by atoms with van der Waals surface area (Å²) >= 11 is 9.45. The Morgan fingerprint density at radius 1 is 1.33 bits per heavy atom. The second-order valence-corrected chi connectivity index (χ2v) is 6.46. The van der Waals surface area contributed by atoms with Crippen LogP contribution in [0.25, 0.3) is 0 Å². The van der Waals surface area contributed by atoms with Crippen molar-refractivity contribution < 1.29 is 4.74 Å². The first-order valence-electron chi connectivity index (χ1n) is 6.53. The summed E-state index contributed by atoms with van der Waals surface area (Å²) in [6.07, 6.45) is 4.27. The molecular weight excluding hydrogens is 314 g/mol. The van der Waals surface area contributed by atoms with Crippen LogP contribution >= 0.6 is 27.5 Å². The molecule has 1 saturated carbocycles. The average Bonchev–Trinajstić information content (AvgIpc) is 3.10. The molecule has 0 spiro atoms. The zero-order valence-corrected chi connectivity index (χ0v) is 12.5. The number of halogens is 2. The maximum absolute atomic E-state index is 5.99. The number of nitrogens with one attached hydrogen (secondary N) is 1. The molecular formula is C14H17BrClNO. The number of benzene rings is 1. The lowest BCUT2D eigenvalue weighted by Crippen LogP contribution is -2.37. The van der Waals surface area contributed by atoms with E-state index in [0.717, 1.165) is 35.0 Å². The number of rotatable bonds is 4. The predicted molar refractivity (Wildman–Crippen MR) is 76.9 cm³/mol. The van der Waals surface area contributed by atoms with Gasteiger partial charge in [0.05, 0.1) is 11.1 Å². The van der Waals surface area contributed by atoms with E-state index >= 15 is 0 Å². The fourth-order valence-corrected chi connectivity index (χ4v) is 3.16. The topological polar surface area (TPSA) is 21.3 Å². The molecule has 0 radical (unpaired) electrons. The molecule has 18 heavy (non-hydrogen) atoms. The largest absolute Gasteiger partial charge is 0.376 e. The summed E-state index contributed by atoms with van der Waals surface area (Å²) < 4.78 is 6.79. The summed E-state index contributed by atoms with van der Waals surface area (Å²) in [4.78, 5) is 0. The first-order valence-corrected chi connectivity index (χ1v) is 7.70. The third kappa shape index (κ3) is 2.90. The van der Waals surface area contributed by atoms with Gasteiger partial charge in [0, 0.05) is 23.7 Å². The standard InChI is InChI=1S/C14H17BrClNO/c15-11-7-9(1-4-12(11)16)8-17-13-5-6-18-14(13)10-2-3-10/h1,4,7,10,13-14,17H,2-3,5-6,8H2. The van der Waals surface area contributed by atoms with Gasteiger partial charge in [-0.05, 0) is 58.8 Å². The van der Waals surface area contributed by atoms with Crippen LogP contribution in [0, 0.1) is 5.92 Å². The van der Waals surface area contributed by atoms with Gasteiger partial charge in [0.1, 0.15) is 0 Å². The minimum absolute atomic E-state index is 0.445. The molecule has 1 N–H and O–H groups in total. The van der Waals surface area contributed by atoms with E-state index in [2.05, 4.69) is 33.4 Å². The van der Waals surface area contributed by atoms with E-state index in [4.69, 9.17) is 16.3 Å². The highest BCUT2D eigenvalue weighted by Crippen LogP contribution is 2.38. The Balaban J connectivity index is 1.58. The van der Waals surface area contributed by atoms with Gasteiger partial charge in [-0.15, -0.1) is 0 Å². The Labute approximate surface area is 121 Å². The minimum atomic E-state index is 0.445. The maximum Gasteiger partial charge on any atom is 0.0757 e. The van der Waals surface area contributed by atoms with E-state index in [9.17, 15) is 0 Å². The first kappa shape index (κ1) is 12.9. The molecule has 1 aromatic carbocycles. The molecule has 0 bridgehead atoms. The summed E-state index contributed by atoms with van der Waals surface area (Å²) in [6, 6.07) is 6.61. The van der Waals surface area contributed by atoms with Crippen molar-refractivity contribution in [3.63, 3.8) is 0 Å². The van der Waals surface area contributed by atoms with Crippen LogP contribution in [0.4, 0.5) is 0 Å². The van der Waals surface area contributed by atoms with Gasteiger partial charge in [-0.1, -0.05) is 17.7 Å².